The highest BCUT2D eigenvalue weighted by molar-refractivity contribution is 7.89. The van der Waals surface area contributed by atoms with Crippen molar-refractivity contribution >= 4 is 21.6 Å². The third-order valence-electron chi connectivity index (χ3n) is 2.86. The highest BCUT2D eigenvalue weighted by atomic mass is 32.2. The van der Waals surface area contributed by atoms with Crippen LogP contribution in [-0.4, -0.2) is 25.3 Å². The molecule has 1 aromatic rings. The molecule has 20 heavy (non-hydrogen) atoms. The number of nitro groups is 1. The summed E-state index contributed by atoms with van der Waals surface area (Å²) in [7, 11) is -4.07. The number of primary amides is 1. The van der Waals surface area contributed by atoms with Gasteiger partial charge in [0.1, 0.15) is 0 Å². The molecule has 0 aliphatic heterocycles. The van der Waals surface area contributed by atoms with Crippen molar-refractivity contribution in [2.75, 3.05) is 0 Å². The van der Waals surface area contributed by atoms with Gasteiger partial charge in [0.2, 0.25) is 15.9 Å². The molecule has 0 saturated carbocycles. The number of sulfonamides is 1. The largest absolute Gasteiger partial charge is 0.368 e. The number of hydrogen-bond acceptors (Lipinski definition) is 5. The van der Waals surface area contributed by atoms with Crippen LogP contribution in [0.25, 0.3) is 0 Å². The lowest BCUT2D eigenvalue weighted by atomic mass is 10.1. The molecule has 0 aliphatic carbocycles. The summed E-state index contributed by atoms with van der Waals surface area (Å²) in [4.78, 5) is 20.8. The van der Waals surface area contributed by atoms with Gasteiger partial charge in [-0.05, 0) is 31.9 Å². The van der Waals surface area contributed by atoms with Gasteiger partial charge in [0.15, 0.2) is 0 Å². The molecule has 3 N–H and O–H groups in total. The maximum atomic E-state index is 12.2. The van der Waals surface area contributed by atoms with Gasteiger partial charge in [-0.25, -0.2) is 8.42 Å². The summed E-state index contributed by atoms with van der Waals surface area (Å²) in [5.41, 5.74) is 5.50. The molecule has 0 saturated heterocycles. The van der Waals surface area contributed by atoms with E-state index in [2.05, 4.69) is 4.72 Å². The Labute approximate surface area is 116 Å². The molecule has 0 radical (unpaired) electrons. The zero-order valence-corrected chi connectivity index (χ0v) is 12.0. The van der Waals surface area contributed by atoms with Crippen LogP contribution in [0.1, 0.15) is 18.1 Å². The van der Waals surface area contributed by atoms with E-state index in [9.17, 15) is 23.3 Å². The van der Waals surface area contributed by atoms with Crippen molar-refractivity contribution in [3.05, 3.63) is 33.4 Å². The average molecular weight is 301 g/mol. The van der Waals surface area contributed by atoms with E-state index in [1.165, 1.54) is 19.9 Å². The van der Waals surface area contributed by atoms with Gasteiger partial charge in [0.25, 0.3) is 5.69 Å². The first-order valence-corrected chi connectivity index (χ1v) is 7.12. The van der Waals surface area contributed by atoms with Crippen LogP contribution < -0.4 is 10.5 Å². The maximum absolute atomic E-state index is 12.2. The average Bonchev–Trinajstić information content (AvgIpc) is 2.31. The van der Waals surface area contributed by atoms with Crippen molar-refractivity contribution in [2.45, 2.75) is 31.7 Å². The van der Waals surface area contributed by atoms with Gasteiger partial charge < -0.3 is 5.73 Å². The second-order valence-corrected chi connectivity index (χ2v) is 6.07. The normalized spacial score (nSPS) is 12.9. The van der Waals surface area contributed by atoms with Crippen LogP contribution in [0.3, 0.4) is 0 Å². The van der Waals surface area contributed by atoms with Crippen molar-refractivity contribution in [2.24, 2.45) is 5.73 Å². The van der Waals surface area contributed by atoms with Crippen LogP contribution in [0.15, 0.2) is 17.0 Å². The number of aryl methyl sites for hydroxylation is 1. The Morgan fingerprint density at radius 3 is 2.40 bits per heavy atom. The molecule has 110 valence electrons. The van der Waals surface area contributed by atoms with E-state index in [0.29, 0.717) is 11.1 Å². The highest BCUT2D eigenvalue weighted by Crippen LogP contribution is 2.25. The molecular formula is C11H15N3O5S. The minimum absolute atomic E-state index is 0.239. The van der Waals surface area contributed by atoms with Crippen LogP contribution in [0.2, 0.25) is 0 Å². The molecule has 0 spiro atoms. The van der Waals surface area contributed by atoms with Gasteiger partial charge in [-0.1, -0.05) is 0 Å². The Hall–Kier alpha value is -2.00. The number of carbonyl (C=O) groups is 1. The smallest absolute Gasteiger partial charge is 0.271 e. The Morgan fingerprint density at radius 1 is 1.40 bits per heavy atom. The molecule has 9 heteroatoms. The Morgan fingerprint density at radius 2 is 1.95 bits per heavy atom. The third-order valence-corrected chi connectivity index (χ3v) is 4.53. The van der Waals surface area contributed by atoms with Crippen LogP contribution >= 0.6 is 0 Å². The van der Waals surface area contributed by atoms with Crippen LogP contribution in [0.5, 0.6) is 0 Å². The summed E-state index contributed by atoms with van der Waals surface area (Å²) in [6, 6.07) is 1.13. The number of nitrogens with one attached hydrogen (secondary N) is 1. The maximum Gasteiger partial charge on any atom is 0.271 e. The lowest BCUT2D eigenvalue weighted by Gasteiger charge is -2.13. The molecule has 0 aromatic heterocycles. The Bertz CT molecular complexity index is 669. The number of non-ortho nitro benzene ring substituents is 1. The number of hydrogen-bond donors (Lipinski definition) is 2. The quantitative estimate of drug-likeness (QED) is 0.598. The Balaban J connectivity index is 3.38. The first-order chi connectivity index (χ1) is 9.06. The molecule has 0 fully saturated rings. The monoisotopic (exact) mass is 301 g/mol. The topological polar surface area (TPSA) is 132 Å². The number of carbonyl (C=O) groups excluding carboxylic acids is 1. The summed E-state index contributed by atoms with van der Waals surface area (Å²) in [5, 5.41) is 10.8. The van der Waals surface area contributed by atoms with E-state index in [1.807, 2.05) is 0 Å². The van der Waals surface area contributed by atoms with Gasteiger partial charge in [-0.2, -0.15) is 4.72 Å². The fraction of sp³-hybridized carbons (Fsp3) is 0.364. The zero-order valence-electron chi connectivity index (χ0n) is 11.2. The number of benzene rings is 1. The summed E-state index contributed by atoms with van der Waals surface area (Å²) in [5.74, 6) is -0.839. The minimum atomic E-state index is -4.07. The summed E-state index contributed by atoms with van der Waals surface area (Å²) in [6.45, 7) is 4.39. The fourth-order valence-electron chi connectivity index (χ4n) is 1.55. The second-order valence-electron chi connectivity index (χ2n) is 4.39. The molecule has 0 aliphatic rings. The molecule has 0 bridgehead atoms. The molecular weight excluding hydrogens is 286 g/mol. The van der Waals surface area contributed by atoms with Crippen LogP contribution in [0.4, 0.5) is 5.69 Å². The van der Waals surface area contributed by atoms with E-state index in [-0.39, 0.29) is 10.6 Å². The van der Waals surface area contributed by atoms with Crippen LogP contribution in [0, 0.1) is 24.0 Å². The van der Waals surface area contributed by atoms with Gasteiger partial charge in [0.05, 0.1) is 15.9 Å². The van der Waals surface area contributed by atoms with Crippen molar-refractivity contribution in [1.82, 2.24) is 4.72 Å². The molecule has 1 unspecified atom stereocenters. The molecule has 1 aromatic carbocycles. The Kier molecular flexibility index (Phi) is 4.46. The zero-order chi connectivity index (χ0) is 15.7. The lowest BCUT2D eigenvalue weighted by Crippen LogP contribution is -2.42. The molecule has 1 atom stereocenters. The SMILES string of the molecule is Cc1cc([N+](=O)[O-])cc(S(=O)(=O)NC(C)C(N)=O)c1C. The van der Waals surface area contributed by atoms with Crippen molar-refractivity contribution in [3.8, 4) is 0 Å². The highest BCUT2D eigenvalue weighted by Gasteiger charge is 2.25. The fourth-order valence-corrected chi connectivity index (χ4v) is 3.10. The number of amides is 1. The minimum Gasteiger partial charge on any atom is -0.368 e. The van der Waals surface area contributed by atoms with Gasteiger partial charge in [-0.15, -0.1) is 0 Å². The number of nitrogens with zero attached hydrogens (tertiary/aromatic N) is 1. The summed E-state index contributed by atoms with van der Waals surface area (Å²) >= 11 is 0. The van der Waals surface area contributed by atoms with E-state index in [0.717, 1.165) is 6.07 Å². The first kappa shape index (κ1) is 16.1. The van der Waals surface area contributed by atoms with Crippen molar-refractivity contribution < 1.29 is 18.1 Å². The first-order valence-electron chi connectivity index (χ1n) is 5.63. The summed E-state index contributed by atoms with van der Waals surface area (Å²) in [6.07, 6.45) is 0. The predicted octanol–water partition coefficient (Wildman–Crippen LogP) is 0.364. The van der Waals surface area contributed by atoms with Crippen molar-refractivity contribution in [3.63, 3.8) is 0 Å². The lowest BCUT2D eigenvalue weighted by molar-refractivity contribution is -0.385. The molecule has 1 amide bonds. The van der Waals surface area contributed by atoms with E-state index < -0.39 is 26.9 Å². The van der Waals surface area contributed by atoms with Gasteiger partial charge >= 0.3 is 0 Å². The van der Waals surface area contributed by atoms with E-state index >= 15 is 0 Å². The predicted molar refractivity (Wildman–Crippen MR) is 71.5 cm³/mol. The number of nitrogens with two attached hydrogens (primary N) is 1. The van der Waals surface area contributed by atoms with Gasteiger partial charge in [0, 0.05) is 12.1 Å². The van der Waals surface area contributed by atoms with Gasteiger partial charge in [-0.3, -0.25) is 14.9 Å². The third kappa shape index (κ3) is 3.31. The summed E-state index contributed by atoms with van der Waals surface area (Å²) < 4.78 is 26.4. The standard InChI is InChI=1S/C11H15N3O5S/c1-6-4-9(14(16)17)5-10(7(6)2)20(18,19)13-8(3)11(12)15/h4-5,8,13H,1-3H3,(H2,12,15). The van der Waals surface area contributed by atoms with E-state index in [1.54, 1.807) is 6.92 Å². The number of rotatable bonds is 5. The molecule has 0 heterocycles. The van der Waals surface area contributed by atoms with E-state index in [4.69, 9.17) is 5.73 Å². The molecule has 1 rings (SSSR count). The van der Waals surface area contributed by atoms with Crippen molar-refractivity contribution in [1.29, 1.82) is 0 Å². The number of nitro benzene ring substituents is 1. The molecule has 8 nitrogen and oxygen atoms in total. The van der Waals surface area contributed by atoms with Crippen LogP contribution in [-0.2, 0) is 14.8 Å². The second kappa shape index (κ2) is 5.55.